The highest BCUT2D eigenvalue weighted by Gasteiger charge is 2.18. The van der Waals surface area contributed by atoms with Gasteiger partial charge in [0.1, 0.15) is 5.76 Å². The largest absolute Gasteiger partial charge is 0.489 e. The van der Waals surface area contributed by atoms with E-state index in [1.54, 1.807) is 13.0 Å². The smallest absolute Gasteiger partial charge is 0.238 e. The van der Waals surface area contributed by atoms with Gasteiger partial charge < -0.3 is 19.3 Å². The highest BCUT2D eigenvalue weighted by Crippen LogP contribution is 2.39. The van der Waals surface area contributed by atoms with Gasteiger partial charge in [-0.05, 0) is 31.5 Å². The lowest BCUT2D eigenvalue weighted by atomic mass is 10.2. The molecule has 6 nitrogen and oxygen atoms in total. The molecule has 1 aliphatic rings. The van der Waals surface area contributed by atoms with E-state index in [1.807, 2.05) is 19.1 Å². The fourth-order valence-corrected chi connectivity index (χ4v) is 3.42. The van der Waals surface area contributed by atoms with E-state index in [0.29, 0.717) is 47.1 Å². The summed E-state index contributed by atoms with van der Waals surface area (Å²) in [5, 5.41) is 6.77. The predicted molar refractivity (Wildman–Crippen MR) is 97.7 cm³/mol. The SMILES string of the molecule is Cc1cc(NC(=O)[C@H](C)SCc2cc(Cl)c3c(c2)OCCCO3)no1. The molecule has 134 valence electrons. The maximum Gasteiger partial charge on any atom is 0.238 e. The molecular weight excluding hydrogens is 364 g/mol. The number of nitrogens with one attached hydrogen (secondary N) is 1. The van der Waals surface area contributed by atoms with Crippen LogP contribution in [0.2, 0.25) is 5.02 Å². The number of rotatable bonds is 5. The summed E-state index contributed by atoms with van der Waals surface area (Å²) in [4.78, 5) is 12.2. The van der Waals surface area contributed by atoms with Gasteiger partial charge in [0.15, 0.2) is 17.3 Å². The Balaban J connectivity index is 1.60. The minimum atomic E-state index is -0.258. The maximum atomic E-state index is 12.2. The average Bonchev–Trinajstić information content (AvgIpc) is 2.84. The molecule has 1 atom stereocenters. The second-order valence-electron chi connectivity index (χ2n) is 5.72. The topological polar surface area (TPSA) is 73.6 Å². The Morgan fingerprint density at radius 2 is 2.16 bits per heavy atom. The highest BCUT2D eigenvalue weighted by atomic mass is 35.5. The number of benzene rings is 1. The molecule has 1 N–H and O–H groups in total. The van der Waals surface area contributed by atoms with E-state index in [-0.39, 0.29) is 11.2 Å². The summed E-state index contributed by atoms with van der Waals surface area (Å²) < 4.78 is 16.3. The zero-order chi connectivity index (χ0) is 17.8. The van der Waals surface area contributed by atoms with Crippen molar-refractivity contribution in [1.82, 2.24) is 5.16 Å². The summed E-state index contributed by atoms with van der Waals surface area (Å²) in [5.74, 6) is 2.84. The van der Waals surface area contributed by atoms with Crippen molar-refractivity contribution in [3.8, 4) is 11.5 Å². The third-order valence-electron chi connectivity index (χ3n) is 3.61. The summed E-state index contributed by atoms with van der Waals surface area (Å²) >= 11 is 7.80. The molecule has 1 aromatic carbocycles. The van der Waals surface area contributed by atoms with E-state index in [1.165, 1.54) is 11.8 Å². The second-order valence-corrected chi connectivity index (χ2v) is 7.46. The van der Waals surface area contributed by atoms with Gasteiger partial charge in [-0.1, -0.05) is 16.8 Å². The number of carbonyl (C=O) groups excluding carboxylic acids is 1. The number of aryl methyl sites for hydroxylation is 1. The molecule has 1 aromatic heterocycles. The van der Waals surface area contributed by atoms with Crippen molar-refractivity contribution in [2.75, 3.05) is 18.5 Å². The molecule has 1 aliphatic heterocycles. The summed E-state index contributed by atoms with van der Waals surface area (Å²) in [5.41, 5.74) is 0.983. The third-order valence-corrected chi connectivity index (χ3v) is 5.11. The fourth-order valence-electron chi connectivity index (χ4n) is 2.32. The Hall–Kier alpha value is -1.86. The summed E-state index contributed by atoms with van der Waals surface area (Å²) in [7, 11) is 0. The van der Waals surface area contributed by atoms with Crippen molar-refractivity contribution in [1.29, 1.82) is 0 Å². The van der Waals surface area contributed by atoms with Crippen LogP contribution in [0.15, 0.2) is 22.7 Å². The van der Waals surface area contributed by atoms with Gasteiger partial charge in [-0.15, -0.1) is 11.8 Å². The van der Waals surface area contributed by atoms with Crippen LogP contribution in [0.25, 0.3) is 0 Å². The molecule has 2 heterocycles. The summed E-state index contributed by atoms with van der Waals surface area (Å²) in [6.45, 7) is 4.82. The zero-order valence-corrected chi connectivity index (χ0v) is 15.6. The van der Waals surface area contributed by atoms with Crippen molar-refractivity contribution in [2.24, 2.45) is 0 Å². The van der Waals surface area contributed by atoms with Crippen LogP contribution in [0.3, 0.4) is 0 Å². The lowest BCUT2D eigenvalue weighted by Crippen LogP contribution is -2.22. The first-order valence-corrected chi connectivity index (χ1v) is 9.39. The maximum absolute atomic E-state index is 12.2. The Labute approximate surface area is 155 Å². The molecule has 0 saturated heterocycles. The monoisotopic (exact) mass is 382 g/mol. The summed E-state index contributed by atoms with van der Waals surface area (Å²) in [6.07, 6.45) is 0.827. The van der Waals surface area contributed by atoms with Crippen LogP contribution in [0.4, 0.5) is 5.82 Å². The van der Waals surface area contributed by atoms with Crippen molar-refractivity contribution >= 4 is 35.1 Å². The number of amides is 1. The first kappa shape index (κ1) is 17.9. The third kappa shape index (κ3) is 4.61. The highest BCUT2D eigenvalue weighted by molar-refractivity contribution is 7.99. The van der Waals surface area contributed by atoms with Crippen molar-refractivity contribution in [3.63, 3.8) is 0 Å². The van der Waals surface area contributed by atoms with Crippen LogP contribution in [-0.2, 0) is 10.5 Å². The Morgan fingerprint density at radius 1 is 1.36 bits per heavy atom. The van der Waals surface area contributed by atoms with Gasteiger partial charge >= 0.3 is 0 Å². The van der Waals surface area contributed by atoms with Crippen LogP contribution in [-0.4, -0.2) is 29.5 Å². The zero-order valence-electron chi connectivity index (χ0n) is 14.0. The molecule has 2 aromatic rings. The lowest BCUT2D eigenvalue weighted by Gasteiger charge is -2.13. The minimum absolute atomic E-state index is 0.126. The number of thioether (sulfide) groups is 1. The molecule has 0 saturated carbocycles. The molecule has 0 radical (unpaired) electrons. The van der Waals surface area contributed by atoms with E-state index in [2.05, 4.69) is 10.5 Å². The predicted octanol–water partition coefficient (Wildman–Crippen LogP) is 4.06. The van der Waals surface area contributed by atoms with Gasteiger partial charge in [-0.2, -0.15) is 0 Å². The number of anilines is 1. The van der Waals surface area contributed by atoms with E-state index in [9.17, 15) is 4.79 Å². The number of fused-ring (bicyclic) bond motifs is 1. The first-order valence-electron chi connectivity index (χ1n) is 7.97. The molecule has 0 bridgehead atoms. The van der Waals surface area contributed by atoms with Crippen LogP contribution in [0.5, 0.6) is 11.5 Å². The van der Waals surface area contributed by atoms with Crippen LogP contribution in [0.1, 0.15) is 24.7 Å². The number of nitrogens with zero attached hydrogens (tertiary/aromatic N) is 1. The normalized spacial score (nSPS) is 14.7. The summed E-state index contributed by atoms with van der Waals surface area (Å²) in [6, 6.07) is 5.46. The van der Waals surface area contributed by atoms with Gasteiger partial charge in [-0.3, -0.25) is 4.79 Å². The lowest BCUT2D eigenvalue weighted by molar-refractivity contribution is -0.115. The van der Waals surface area contributed by atoms with E-state index in [0.717, 1.165) is 12.0 Å². The number of aromatic nitrogens is 1. The van der Waals surface area contributed by atoms with Gasteiger partial charge in [-0.25, -0.2) is 0 Å². The molecule has 8 heteroatoms. The van der Waals surface area contributed by atoms with Crippen molar-refractivity contribution in [3.05, 3.63) is 34.5 Å². The number of carbonyl (C=O) groups is 1. The molecule has 0 aliphatic carbocycles. The standard InChI is InChI=1S/C17H19ClN2O4S/c1-10-6-15(20-24-10)19-17(21)11(2)25-9-12-7-13(18)16-14(8-12)22-4-3-5-23-16/h6-8,11H,3-5,9H2,1-2H3,(H,19,20,21)/t11-/m0/s1. The minimum Gasteiger partial charge on any atom is -0.489 e. The van der Waals surface area contributed by atoms with Crippen molar-refractivity contribution < 1.29 is 18.8 Å². The molecule has 3 rings (SSSR count). The molecule has 25 heavy (non-hydrogen) atoms. The van der Waals surface area contributed by atoms with Crippen LogP contribution in [0, 0.1) is 6.92 Å². The number of halogens is 1. The van der Waals surface area contributed by atoms with Gasteiger partial charge in [0.05, 0.1) is 23.5 Å². The average molecular weight is 383 g/mol. The first-order chi connectivity index (χ1) is 12.0. The van der Waals surface area contributed by atoms with Gasteiger partial charge in [0.25, 0.3) is 0 Å². The van der Waals surface area contributed by atoms with E-state index < -0.39 is 0 Å². The van der Waals surface area contributed by atoms with Gasteiger partial charge in [0, 0.05) is 18.2 Å². The Kier molecular flexibility index (Phi) is 5.75. The Morgan fingerprint density at radius 3 is 2.92 bits per heavy atom. The molecule has 1 amide bonds. The number of hydrogen-bond acceptors (Lipinski definition) is 6. The van der Waals surface area contributed by atoms with Crippen molar-refractivity contribution in [2.45, 2.75) is 31.3 Å². The number of ether oxygens (including phenoxy) is 2. The van der Waals surface area contributed by atoms with Crippen LogP contribution >= 0.6 is 23.4 Å². The van der Waals surface area contributed by atoms with Crippen LogP contribution < -0.4 is 14.8 Å². The quantitative estimate of drug-likeness (QED) is 0.840. The molecular formula is C17H19ClN2O4S. The van der Waals surface area contributed by atoms with E-state index in [4.69, 9.17) is 25.6 Å². The molecule has 0 unspecified atom stereocenters. The molecule has 0 fully saturated rings. The van der Waals surface area contributed by atoms with Gasteiger partial charge in [0.2, 0.25) is 5.91 Å². The number of hydrogen-bond donors (Lipinski definition) is 1. The Bertz CT molecular complexity index is 765. The second kappa shape index (κ2) is 8.01. The van der Waals surface area contributed by atoms with E-state index >= 15 is 0 Å². The molecule has 0 spiro atoms. The fraction of sp³-hybridized carbons (Fsp3) is 0.412.